The number of carbonyl (C=O) groups excluding carboxylic acids is 2. The maximum absolute atomic E-state index is 12.7. The first-order valence-electron chi connectivity index (χ1n) is 15.3. The molecular weight excluding hydrogens is 532 g/mol. The zero-order chi connectivity index (χ0) is 29.4. The summed E-state index contributed by atoms with van der Waals surface area (Å²) in [5.41, 5.74) is 10.4. The van der Waals surface area contributed by atoms with Gasteiger partial charge in [-0.25, -0.2) is 4.79 Å². The van der Waals surface area contributed by atoms with Crippen LogP contribution in [-0.4, -0.2) is 76.8 Å². The number of aromatic nitrogens is 1. The lowest BCUT2D eigenvalue weighted by atomic mass is 9.88. The van der Waals surface area contributed by atoms with Crippen molar-refractivity contribution in [3.63, 3.8) is 0 Å². The summed E-state index contributed by atoms with van der Waals surface area (Å²) in [6, 6.07) is 11.0. The first kappa shape index (κ1) is 28.9. The molecule has 6 rings (SSSR count). The third-order valence-electron chi connectivity index (χ3n) is 8.99. The van der Waals surface area contributed by atoms with E-state index in [2.05, 4.69) is 44.8 Å². The van der Waals surface area contributed by atoms with E-state index in [1.165, 1.54) is 18.4 Å². The minimum absolute atomic E-state index is 0.0629. The minimum atomic E-state index is -0.686. The van der Waals surface area contributed by atoms with Crippen LogP contribution in [0.3, 0.4) is 0 Å². The number of hydrogen-bond donors (Lipinski definition) is 3. The van der Waals surface area contributed by atoms with Crippen molar-refractivity contribution in [1.82, 2.24) is 20.1 Å². The molecule has 4 aliphatic heterocycles. The Bertz CT molecular complexity index is 1280. The highest BCUT2D eigenvalue weighted by Crippen LogP contribution is 2.36. The van der Waals surface area contributed by atoms with Crippen LogP contribution < -0.4 is 16.4 Å². The maximum atomic E-state index is 12.7. The summed E-state index contributed by atoms with van der Waals surface area (Å²) in [4.78, 5) is 34.3. The second-order valence-electron chi connectivity index (χ2n) is 13.2. The van der Waals surface area contributed by atoms with E-state index in [9.17, 15) is 9.59 Å². The van der Waals surface area contributed by atoms with Gasteiger partial charge in [0.05, 0.1) is 18.9 Å². The van der Waals surface area contributed by atoms with E-state index in [1.807, 2.05) is 26.8 Å². The van der Waals surface area contributed by atoms with Crippen LogP contribution in [0.15, 0.2) is 36.5 Å². The third kappa shape index (κ3) is 6.26. The van der Waals surface area contributed by atoms with Gasteiger partial charge >= 0.3 is 6.09 Å². The van der Waals surface area contributed by atoms with Gasteiger partial charge in [0.25, 0.3) is 0 Å². The molecule has 3 fully saturated rings. The van der Waals surface area contributed by atoms with Crippen molar-refractivity contribution in [3.8, 4) is 0 Å². The van der Waals surface area contributed by atoms with E-state index >= 15 is 0 Å². The number of ether oxygens (including phenoxy) is 2. The summed E-state index contributed by atoms with van der Waals surface area (Å²) >= 11 is 0. The smallest absolute Gasteiger partial charge is 0.410 e. The molecule has 226 valence electrons. The lowest BCUT2D eigenvalue weighted by molar-refractivity contribution is -0.120. The summed E-state index contributed by atoms with van der Waals surface area (Å²) in [5, 5.41) is 7.14. The number of benzene rings is 1. The Morgan fingerprint density at radius 1 is 1.12 bits per heavy atom. The van der Waals surface area contributed by atoms with Crippen LogP contribution in [-0.2, 0) is 27.2 Å². The largest absolute Gasteiger partial charge is 0.444 e. The van der Waals surface area contributed by atoms with Crippen LogP contribution in [0, 0.1) is 0 Å². The van der Waals surface area contributed by atoms with E-state index < -0.39 is 17.6 Å². The Balaban J connectivity index is 1.17. The molecule has 1 aromatic carbocycles. The van der Waals surface area contributed by atoms with E-state index in [-0.39, 0.29) is 18.2 Å². The third-order valence-corrected chi connectivity index (χ3v) is 8.99. The van der Waals surface area contributed by atoms with Gasteiger partial charge in [0, 0.05) is 61.2 Å². The van der Waals surface area contributed by atoms with Gasteiger partial charge in [-0.1, -0.05) is 24.3 Å². The zero-order valence-corrected chi connectivity index (χ0v) is 25.0. The lowest BCUT2D eigenvalue weighted by Crippen LogP contribution is -2.47. The molecule has 4 N–H and O–H groups in total. The second-order valence-corrected chi connectivity index (χ2v) is 13.2. The van der Waals surface area contributed by atoms with E-state index in [0.29, 0.717) is 37.3 Å². The van der Waals surface area contributed by atoms with E-state index in [1.54, 1.807) is 11.1 Å². The molecule has 4 unspecified atom stereocenters. The van der Waals surface area contributed by atoms with Crippen molar-refractivity contribution in [1.29, 1.82) is 0 Å². The molecule has 0 spiro atoms. The molecule has 0 aliphatic carbocycles. The van der Waals surface area contributed by atoms with Crippen molar-refractivity contribution in [2.24, 2.45) is 5.73 Å². The van der Waals surface area contributed by atoms with Crippen LogP contribution >= 0.6 is 0 Å². The fourth-order valence-electron chi connectivity index (χ4n) is 6.93. The number of hydrogen-bond acceptors (Lipinski definition) is 8. The van der Waals surface area contributed by atoms with Gasteiger partial charge in [0.2, 0.25) is 5.91 Å². The molecule has 42 heavy (non-hydrogen) atoms. The highest BCUT2D eigenvalue weighted by molar-refractivity contribution is 5.82. The summed E-state index contributed by atoms with van der Waals surface area (Å²) in [7, 11) is 0. The number of anilines is 1. The van der Waals surface area contributed by atoms with Gasteiger partial charge in [-0.15, -0.1) is 0 Å². The molecule has 4 aliphatic rings. The number of pyridine rings is 1. The molecule has 5 heterocycles. The Morgan fingerprint density at radius 2 is 1.86 bits per heavy atom. The van der Waals surface area contributed by atoms with Crippen LogP contribution in [0.25, 0.3) is 0 Å². The highest BCUT2D eigenvalue weighted by atomic mass is 16.6. The number of nitrogens with one attached hydrogen (secondary N) is 2. The molecule has 2 aromatic rings. The number of fused-ring (bicyclic) bond motifs is 3. The molecule has 2 amide bonds. The summed E-state index contributed by atoms with van der Waals surface area (Å²) in [5.74, 6) is -0.446. The quantitative estimate of drug-likeness (QED) is 0.476. The summed E-state index contributed by atoms with van der Waals surface area (Å²) in [6.07, 6.45) is 6.36. The zero-order valence-electron chi connectivity index (χ0n) is 25.0. The molecular formula is C32H44N6O4. The van der Waals surface area contributed by atoms with Gasteiger partial charge in [-0.05, 0) is 70.1 Å². The number of rotatable bonds is 6. The number of piperidine rings is 1. The molecule has 0 radical (unpaired) electrons. The Labute approximate surface area is 248 Å². The first-order valence-corrected chi connectivity index (χ1v) is 15.3. The molecule has 1 aromatic heterocycles. The molecule has 10 nitrogen and oxygen atoms in total. The molecule has 0 saturated carbocycles. The minimum Gasteiger partial charge on any atom is -0.444 e. The number of nitrogens with two attached hydrogens (primary N) is 1. The van der Waals surface area contributed by atoms with Gasteiger partial charge in [0.1, 0.15) is 11.6 Å². The van der Waals surface area contributed by atoms with E-state index in [0.717, 1.165) is 49.4 Å². The second kappa shape index (κ2) is 11.8. The van der Waals surface area contributed by atoms with Crippen LogP contribution in [0.5, 0.6) is 0 Å². The predicted molar refractivity (Wildman–Crippen MR) is 160 cm³/mol. The van der Waals surface area contributed by atoms with Gasteiger partial charge in [-0.3, -0.25) is 20.0 Å². The van der Waals surface area contributed by atoms with Crippen molar-refractivity contribution >= 4 is 17.7 Å². The monoisotopic (exact) mass is 576 g/mol. The highest BCUT2D eigenvalue weighted by Gasteiger charge is 2.38. The van der Waals surface area contributed by atoms with Crippen LogP contribution in [0.2, 0.25) is 0 Å². The Morgan fingerprint density at radius 3 is 2.55 bits per heavy atom. The lowest BCUT2D eigenvalue weighted by Gasteiger charge is -2.36. The number of morpholine rings is 1. The summed E-state index contributed by atoms with van der Waals surface area (Å²) in [6.45, 7) is 9.48. The number of carbonyl (C=O) groups is 2. The Kier molecular flexibility index (Phi) is 8.13. The molecule has 2 bridgehead atoms. The topological polar surface area (TPSA) is 122 Å². The summed E-state index contributed by atoms with van der Waals surface area (Å²) < 4.78 is 11.4. The average Bonchev–Trinajstić information content (AvgIpc) is 3.16. The average molecular weight is 577 g/mol. The van der Waals surface area contributed by atoms with E-state index in [4.69, 9.17) is 15.2 Å². The molecule has 10 heteroatoms. The number of likely N-dealkylation sites (tertiary alicyclic amines) is 1. The molecule has 5 atom stereocenters. The standard InChI is InChI=1S/C32H44N6O4/c1-32(2,3)42-31(40)37-14-4-5-22(17-37)35-26-12-13-34-28-25(26)15-27(36-29(28)30(33)39)21-8-6-20(7-9-21)16-38-23-10-11-24(38)19-41-18-23/h6-9,12-13,22-24,27,29,36H,4-5,10-11,14-19H2,1-3H3,(H2,33,39)(H,34,35)/t22-,23?,24?,27?,29?/m0/s1. The molecule has 3 saturated heterocycles. The van der Waals surface area contributed by atoms with Crippen LogP contribution in [0.1, 0.15) is 80.9 Å². The van der Waals surface area contributed by atoms with Gasteiger partial charge in [-0.2, -0.15) is 0 Å². The SMILES string of the molecule is CC(C)(C)OC(=O)N1CCC[C@H](Nc2ccnc3c2CC(c2ccc(CN4C5CCC4COC5)cc2)NC3C(N)=O)C1. The number of primary amides is 1. The Hall–Kier alpha value is -3.21. The van der Waals surface area contributed by atoms with Crippen molar-refractivity contribution in [2.75, 3.05) is 31.6 Å². The maximum Gasteiger partial charge on any atom is 0.410 e. The fraction of sp³-hybridized carbons (Fsp3) is 0.594. The normalized spacial score (nSPS) is 27.8. The van der Waals surface area contributed by atoms with Crippen molar-refractivity contribution in [2.45, 2.75) is 95.2 Å². The van der Waals surface area contributed by atoms with Crippen LogP contribution in [0.4, 0.5) is 10.5 Å². The van der Waals surface area contributed by atoms with Gasteiger partial charge < -0.3 is 25.4 Å². The fourth-order valence-corrected chi connectivity index (χ4v) is 6.93. The number of nitrogens with zero attached hydrogens (tertiary/aromatic N) is 3. The van der Waals surface area contributed by atoms with Crippen molar-refractivity contribution < 1.29 is 19.1 Å². The van der Waals surface area contributed by atoms with Gasteiger partial charge in [0.15, 0.2) is 0 Å². The number of amides is 2. The van der Waals surface area contributed by atoms with Crippen molar-refractivity contribution in [3.05, 3.63) is 58.9 Å². The predicted octanol–water partition coefficient (Wildman–Crippen LogP) is 3.67. The first-order chi connectivity index (χ1) is 20.1.